The normalized spacial score (nSPS) is 11.9. The number of hydrogen-bond donors (Lipinski definition) is 0. The minimum atomic E-state index is -3.59. The van der Waals surface area contributed by atoms with E-state index in [0.717, 1.165) is 18.7 Å². The van der Waals surface area contributed by atoms with Crippen LogP contribution in [0.15, 0.2) is 60.8 Å². The van der Waals surface area contributed by atoms with Crippen LogP contribution in [0.1, 0.15) is 16.7 Å². The van der Waals surface area contributed by atoms with E-state index in [0.29, 0.717) is 29.1 Å². The van der Waals surface area contributed by atoms with E-state index in [2.05, 4.69) is 53.1 Å². The third kappa shape index (κ3) is 5.07. The number of imidazole rings is 1. The minimum Gasteiger partial charge on any atom is -0.492 e. The number of likely N-dealkylation sites (N-methyl/N-ethyl adjacent to an activating group) is 1. The average Bonchev–Trinajstić information content (AvgIpc) is 3.16. The second-order valence-electron chi connectivity index (χ2n) is 8.31. The summed E-state index contributed by atoms with van der Waals surface area (Å²) in [5, 5.41) is 0. The lowest BCUT2D eigenvalue weighted by Crippen LogP contribution is -2.24. The van der Waals surface area contributed by atoms with E-state index in [9.17, 15) is 8.42 Å². The smallest absolute Gasteiger partial charge is 0.237 e. The molecule has 2 heterocycles. The van der Waals surface area contributed by atoms with E-state index in [-0.39, 0.29) is 5.82 Å². The Morgan fingerprint density at radius 2 is 1.76 bits per heavy atom. The summed E-state index contributed by atoms with van der Waals surface area (Å²) in [4.78, 5) is 11.2. The Morgan fingerprint density at radius 3 is 2.48 bits per heavy atom. The van der Waals surface area contributed by atoms with Crippen molar-refractivity contribution in [3.63, 3.8) is 0 Å². The molecule has 0 spiro atoms. The summed E-state index contributed by atoms with van der Waals surface area (Å²) >= 11 is 0. The molecular weight excluding hydrogens is 436 g/mol. The molecule has 0 unspecified atom stereocenters. The molecule has 2 aromatic heterocycles. The van der Waals surface area contributed by atoms with Crippen molar-refractivity contribution in [3.05, 3.63) is 77.5 Å². The number of para-hydroxylation sites is 2. The van der Waals surface area contributed by atoms with E-state index in [1.54, 1.807) is 30.5 Å². The summed E-state index contributed by atoms with van der Waals surface area (Å²) in [6, 6.07) is 17.5. The zero-order chi connectivity index (χ0) is 23.6. The molecule has 0 aliphatic rings. The first-order valence-corrected chi connectivity index (χ1v) is 12.6. The molecule has 0 N–H and O–H groups in total. The quantitative estimate of drug-likeness (QED) is 0.392. The Morgan fingerprint density at radius 1 is 1.03 bits per heavy atom. The number of rotatable bonds is 8. The number of aryl methyl sites for hydroxylation is 1. The molecule has 33 heavy (non-hydrogen) atoms. The van der Waals surface area contributed by atoms with Gasteiger partial charge in [-0.3, -0.25) is 9.88 Å². The minimum absolute atomic E-state index is 0.290. The first kappa shape index (κ1) is 22.9. The van der Waals surface area contributed by atoms with Gasteiger partial charge in [0, 0.05) is 24.8 Å². The van der Waals surface area contributed by atoms with Gasteiger partial charge in [0.2, 0.25) is 10.0 Å². The van der Waals surface area contributed by atoms with Crippen LogP contribution >= 0.6 is 0 Å². The number of nitrogens with zero attached hydrogens (tertiary/aromatic N) is 4. The SMILES string of the molecule is Cc1ccc(CN(C)CCOc2ccnc(-c3nc4ccccc4n3S(C)(=O)=O)c2C)cc1. The van der Waals surface area contributed by atoms with Gasteiger partial charge in [-0.2, -0.15) is 0 Å². The maximum absolute atomic E-state index is 12.6. The maximum atomic E-state index is 12.6. The second kappa shape index (κ2) is 9.33. The van der Waals surface area contributed by atoms with Crippen LogP contribution in [0.5, 0.6) is 5.75 Å². The van der Waals surface area contributed by atoms with Crippen LogP contribution in [-0.4, -0.2) is 53.7 Å². The Hall–Kier alpha value is -3.23. The molecule has 0 aliphatic heterocycles. The van der Waals surface area contributed by atoms with Crippen LogP contribution < -0.4 is 4.74 Å². The van der Waals surface area contributed by atoms with Gasteiger partial charge in [-0.15, -0.1) is 0 Å². The van der Waals surface area contributed by atoms with Gasteiger partial charge in [-0.25, -0.2) is 17.4 Å². The van der Waals surface area contributed by atoms with E-state index >= 15 is 0 Å². The molecule has 0 radical (unpaired) electrons. The molecule has 0 fully saturated rings. The Labute approximate surface area is 194 Å². The molecule has 4 aromatic rings. The maximum Gasteiger partial charge on any atom is 0.237 e. The average molecular weight is 465 g/mol. The zero-order valence-corrected chi connectivity index (χ0v) is 20.1. The van der Waals surface area contributed by atoms with E-state index in [1.807, 2.05) is 13.0 Å². The van der Waals surface area contributed by atoms with Crippen LogP contribution in [0, 0.1) is 13.8 Å². The van der Waals surface area contributed by atoms with Crippen LogP contribution in [0.3, 0.4) is 0 Å². The standard InChI is InChI=1S/C25H28N4O3S/c1-18-9-11-20(12-10-18)17-28(3)15-16-32-23-13-14-26-24(19(23)2)25-27-21-7-5-6-8-22(21)29(25)33(4,30)31/h5-14H,15-17H2,1-4H3. The number of hydrogen-bond acceptors (Lipinski definition) is 6. The number of aromatic nitrogens is 3. The van der Waals surface area contributed by atoms with E-state index in [4.69, 9.17) is 4.74 Å². The highest BCUT2D eigenvalue weighted by molar-refractivity contribution is 7.89. The molecule has 8 heteroatoms. The van der Waals surface area contributed by atoms with Gasteiger partial charge < -0.3 is 4.74 Å². The summed E-state index contributed by atoms with van der Waals surface area (Å²) in [6.45, 7) is 6.03. The monoisotopic (exact) mass is 464 g/mol. The first-order valence-electron chi connectivity index (χ1n) is 10.7. The van der Waals surface area contributed by atoms with Gasteiger partial charge in [0.05, 0.1) is 17.3 Å². The Bertz CT molecular complexity index is 1380. The fourth-order valence-corrected chi connectivity index (χ4v) is 4.74. The van der Waals surface area contributed by atoms with Crippen LogP contribution in [0.25, 0.3) is 22.6 Å². The lowest BCUT2D eigenvalue weighted by atomic mass is 10.1. The predicted molar refractivity (Wildman–Crippen MR) is 131 cm³/mol. The molecule has 0 saturated carbocycles. The molecule has 0 aliphatic carbocycles. The highest BCUT2D eigenvalue weighted by atomic mass is 32.2. The molecule has 2 aromatic carbocycles. The largest absolute Gasteiger partial charge is 0.492 e. The highest BCUT2D eigenvalue weighted by Crippen LogP contribution is 2.31. The van der Waals surface area contributed by atoms with Crippen molar-refractivity contribution < 1.29 is 13.2 Å². The predicted octanol–water partition coefficient (Wildman–Crippen LogP) is 4.03. The summed E-state index contributed by atoms with van der Waals surface area (Å²) in [6.07, 6.45) is 2.80. The van der Waals surface area contributed by atoms with Crippen molar-refractivity contribution in [2.75, 3.05) is 26.5 Å². The summed E-state index contributed by atoms with van der Waals surface area (Å²) in [5.74, 6) is 0.953. The fraction of sp³-hybridized carbons (Fsp3) is 0.280. The van der Waals surface area contributed by atoms with Crippen molar-refractivity contribution >= 4 is 21.1 Å². The lowest BCUT2D eigenvalue weighted by molar-refractivity contribution is 0.232. The van der Waals surface area contributed by atoms with Gasteiger partial charge in [0.25, 0.3) is 0 Å². The van der Waals surface area contributed by atoms with Crippen LogP contribution in [-0.2, 0) is 16.6 Å². The van der Waals surface area contributed by atoms with Gasteiger partial charge in [-0.05, 0) is 44.7 Å². The number of benzene rings is 2. The fourth-order valence-electron chi connectivity index (χ4n) is 3.78. The molecular formula is C25H28N4O3S. The molecule has 172 valence electrons. The molecule has 4 rings (SSSR count). The van der Waals surface area contributed by atoms with Gasteiger partial charge in [0.15, 0.2) is 5.82 Å². The van der Waals surface area contributed by atoms with Crippen LogP contribution in [0.2, 0.25) is 0 Å². The first-order chi connectivity index (χ1) is 15.7. The van der Waals surface area contributed by atoms with Crippen molar-refractivity contribution in [3.8, 4) is 17.3 Å². The number of ether oxygens (including phenoxy) is 1. The van der Waals surface area contributed by atoms with Crippen molar-refractivity contribution in [2.24, 2.45) is 0 Å². The number of pyridine rings is 1. The van der Waals surface area contributed by atoms with Crippen molar-refractivity contribution in [1.29, 1.82) is 0 Å². The molecule has 0 saturated heterocycles. The Balaban J connectivity index is 1.53. The summed E-state index contributed by atoms with van der Waals surface area (Å²) in [7, 11) is -1.53. The molecule has 0 amide bonds. The summed E-state index contributed by atoms with van der Waals surface area (Å²) in [5.41, 5.74) is 4.87. The van der Waals surface area contributed by atoms with Crippen LogP contribution in [0.4, 0.5) is 0 Å². The number of fused-ring (bicyclic) bond motifs is 1. The molecule has 0 bridgehead atoms. The van der Waals surface area contributed by atoms with Crippen molar-refractivity contribution in [1.82, 2.24) is 18.8 Å². The molecule has 7 nitrogen and oxygen atoms in total. The topological polar surface area (TPSA) is 77.3 Å². The zero-order valence-electron chi connectivity index (χ0n) is 19.3. The second-order valence-corrected chi connectivity index (χ2v) is 10.1. The Kier molecular flexibility index (Phi) is 6.49. The summed E-state index contributed by atoms with van der Waals surface area (Å²) < 4.78 is 32.4. The highest BCUT2D eigenvalue weighted by Gasteiger charge is 2.22. The van der Waals surface area contributed by atoms with Gasteiger partial charge in [0.1, 0.15) is 18.1 Å². The van der Waals surface area contributed by atoms with Gasteiger partial charge >= 0.3 is 0 Å². The van der Waals surface area contributed by atoms with Crippen molar-refractivity contribution in [2.45, 2.75) is 20.4 Å². The third-order valence-electron chi connectivity index (χ3n) is 5.52. The van der Waals surface area contributed by atoms with Gasteiger partial charge in [-0.1, -0.05) is 42.0 Å². The lowest BCUT2D eigenvalue weighted by Gasteiger charge is -2.18. The molecule has 0 atom stereocenters. The van der Waals surface area contributed by atoms with E-state index in [1.165, 1.54) is 21.4 Å². The third-order valence-corrected chi connectivity index (χ3v) is 6.55. The van der Waals surface area contributed by atoms with E-state index < -0.39 is 10.0 Å².